The third kappa shape index (κ3) is 2.14. The molecule has 5 nitrogen and oxygen atoms in total. The molecule has 1 fully saturated rings. The van der Waals surface area contributed by atoms with Crippen molar-refractivity contribution in [1.82, 2.24) is 15.2 Å². The van der Waals surface area contributed by atoms with Gasteiger partial charge in [0.1, 0.15) is 6.04 Å². The Balaban J connectivity index is 1.94. The van der Waals surface area contributed by atoms with Gasteiger partial charge in [-0.1, -0.05) is 0 Å². The van der Waals surface area contributed by atoms with Crippen molar-refractivity contribution in [2.75, 3.05) is 7.05 Å². The Hall–Kier alpha value is -1.34. The molecular formula is C13H11Br2N3O2. The van der Waals surface area contributed by atoms with Crippen LogP contribution in [0.25, 0.3) is 10.9 Å². The van der Waals surface area contributed by atoms with Crippen LogP contribution in [0.5, 0.6) is 0 Å². The molecule has 2 aromatic rings. The molecule has 3 amide bonds. The van der Waals surface area contributed by atoms with Gasteiger partial charge in [-0.05, 0) is 49.6 Å². The summed E-state index contributed by atoms with van der Waals surface area (Å²) in [4.78, 5) is 27.7. The Morgan fingerprint density at radius 1 is 1.25 bits per heavy atom. The predicted octanol–water partition coefficient (Wildman–Crippen LogP) is 2.79. The molecular weight excluding hydrogens is 390 g/mol. The van der Waals surface area contributed by atoms with E-state index in [0.717, 1.165) is 30.3 Å². The van der Waals surface area contributed by atoms with Gasteiger partial charge in [0, 0.05) is 39.5 Å². The number of nitrogens with one attached hydrogen (secondary N) is 2. The molecule has 0 radical (unpaired) electrons. The van der Waals surface area contributed by atoms with Crippen molar-refractivity contribution >= 4 is 54.7 Å². The number of rotatable bonds is 2. The Bertz CT molecular complexity index is 726. The summed E-state index contributed by atoms with van der Waals surface area (Å²) in [5.74, 6) is -0.194. The molecule has 7 heteroatoms. The van der Waals surface area contributed by atoms with Crippen molar-refractivity contribution in [2.45, 2.75) is 12.5 Å². The van der Waals surface area contributed by atoms with Crippen molar-refractivity contribution in [3.8, 4) is 0 Å². The first-order valence-corrected chi connectivity index (χ1v) is 7.59. The molecule has 1 aliphatic heterocycles. The molecule has 104 valence electrons. The highest BCUT2D eigenvalue weighted by Gasteiger charge is 2.35. The van der Waals surface area contributed by atoms with E-state index in [2.05, 4.69) is 42.2 Å². The van der Waals surface area contributed by atoms with Gasteiger partial charge in [-0.15, -0.1) is 0 Å². The van der Waals surface area contributed by atoms with Gasteiger partial charge in [0.2, 0.25) is 0 Å². The molecule has 1 aromatic heterocycles. The van der Waals surface area contributed by atoms with E-state index in [9.17, 15) is 9.59 Å². The number of aromatic amines is 1. The topological polar surface area (TPSA) is 65.2 Å². The van der Waals surface area contributed by atoms with Crippen LogP contribution < -0.4 is 5.32 Å². The van der Waals surface area contributed by atoms with E-state index < -0.39 is 6.04 Å². The maximum absolute atomic E-state index is 11.9. The second-order valence-electron chi connectivity index (χ2n) is 4.73. The monoisotopic (exact) mass is 399 g/mol. The lowest BCUT2D eigenvalue weighted by molar-refractivity contribution is -0.126. The Morgan fingerprint density at radius 2 is 1.95 bits per heavy atom. The molecule has 2 N–H and O–H groups in total. The summed E-state index contributed by atoms with van der Waals surface area (Å²) in [7, 11) is 1.49. The number of aromatic nitrogens is 1. The number of likely N-dealkylation sites (N-methyl/N-ethyl adjacent to an activating group) is 1. The first-order valence-electron chi connectivity index (χ1n) is 6.00. The predicted molar refractivity (Wildman–Crippen MR) is 82.5 cm³/mol. The number of hydrogen-bond acceptors (Lipinski definition) is 2. The molecule has 20 heavy (non-hydrogen) atoms. The van der Waals surface area contributed by atoms with Crippen LogP contribution in [0.2, 0.25) is 0 Å². The summed E-state index contributed by atoms with van der Waals surface area (Å²) in [6, 6.07) is 3.14. The Labute approximate surface area is 132 Å². The van der Waals surface area contributed by atoms with Crippen molar-refractivity contribution in [3.63, 3.8) is 0 Å². The minimum Gasteiger partial charge on any atom is -0.361 e. The Kier molecular flexibility index (Phi) is 3.33. The Morgan fingerprint density at radius 3 is 2.60 bits per heavy atom. The average molecular weight is 401 g/mol. The quantitative estimate of drug-likeness (QED) is 0.761. The van der Waals surface area contributed by atoms with Crippen molar-refractivity contribution < 1.29 is 9.59 Å². The van der Waals surface area contributed by atoms with Gasteiger partial charge in [-0.25, -0.2) is 4.79 Å². The standard InChI is InChI=1S/C13H11Br2N3O2/c1-18-12(19)11(17-13(18)20)2-6-5-16-10-4-9(15)8(14)3-7(6)10/h3-5,11,16H,2H2,1H3,(H,17,20)/t11-/m1/s1. The lowest BCUT2D eigenvalue weighted by atomic mass is 10.1. The molecule has 1 saturated heterocycles. The van der Waals surface area contributed by atoms with Crippen molar-refractivity contribution in [3.05, 3.63) is 32.8 Å². The van der Waals surface area contributed by atoms with Crippen LogP contribution in [0.3, 0.4) is 0 Å². The van der Waals surface area contributed by atoms with Gasteiger partial charge in [0.25, 0.3) is 5.91 Å². The molecule has 0 unspecified atom stereocenters. The number of hydrogen-bond donors (Lipinski definition) is 2. The summed E-state index contributed by atoms with van der Waals surface area (Å²) >= 11 is 6.93. The summed E-state index contributed by atoms with van der Waals surface area (Å²) in [5.41, 5.74) is 1.99. The molecule has 3 rings (SSSR count). The summed E-state index contributed by atoms with van der Waals surface area (Å²) in [6.07, 6.45) is 2.35. The van der Waals surface area contributed by atoms with E-state index in [1.165, 1.54) is 7.05 Å². The third-order valence-corrected chi connectivity index (χ3v) is 5.31. The van der Waals surface area contributed by atoms with Crippen molar-refractivity contribution in [1.29, 1.82) is 0 Å². The molecule has 1 aliphatic rings. The molecule has 0 spiro atoms. The summed E-state index contributed by atoms with van der Waals surface area (Å²) < 4.78 is 1.91. The van der Waals surface area contributed by atoms with Crippen LogP contribution in [0, 0.1) is 0 Å². The number of urea groups is 1. The lowest BCUT2D eigenvalue weighted by Crippen LogP contribution is -2.31. The van der Waals surface area contributed by atoms with Crippen LogP contribution in [-0.4, -0.2) is 34.9 Å². The highest BCUT2D eigenvalue weighted by molar-refractivity contribution is 9.13. The number of H-pyrrole nitrogens is 1. The second kappa shape index (κ2) is 4.89. The van der Waals surface area contributed by atoms with Crippen LogP contribution in [0.15, 0.2) is 27.3 Å². The lowest BCUT2D eigenvalue weighted by Gasteiger charge is -2.07. The van der Waals surface area contributed by atoms with Gasteiger partial charge in [0.15, 0.2) is 0 Å². The first-order chi connectivity index (χ1) is 9.47. The maximum Gasteiger partial charge on any atom is 0.324 e. The number of benzene rings is 1. The van der Waals surface area contributed by atoms with Crippen LogP contribution in [-0.2, 0) is 11.2 Å². The number of nitrogens with zero attached hydrogens (tertiary/aromatic N) is 1. The van der Waals surface area contributed by atoms with E-state index in [-0.39, 0.29) is 11.9 Å². The number of amides is 3. The zero-order valence-electron chi connectivity index (χ0n) is 10.5. The number of fused-ring (bicyclic) bond motifs is 1. The fourth-order valence-electron chi connectivity index (χ4n) is 2.34. The highest BCUT2D eigenvalue weighted by Crippen LogP contribution is 2.30. The highest BCUT2D eigenvalue weighted by atomic mass is 79.9. The van der Waals surface area contributed by atoms with Crippen LogP contribution in [0.4, 0.5) is 4.79 Å². The normalized spacial score (nSPS) is 18.9. The number of imide groups is 1. The maximum atomic E-state index is 11.9. The minimum atomic E-state index is -0.492. The fourth-order valence-corrected chi connectivity index (χ4v) is 3.03. The molecule has 1 aromatic carbocycles. The van der Waals surface area contributed by atoms with E-state index in [4.69, 9.17) is 0 Å². The van der Waals surface area contributed by atoms with Crippen LogP contribution in [0.1, 0.15) is 5.56 Å². The zero-order valence-corrected chi connectivity index (χ0v) is 13.7. The largest absolute Gasteiger partial charge is 0.361 e. The molecule has 2 heterocycles. The van der Waals surface area contributed by atoms with Gasteiger partial charge in [-0.2, -0.15) is 0 Å². The van der Waals surface area contributed by atoms with E-state index in [1.807, 2.05) is 18.3 Å². The fraction of sp³-hybridized carbons (Fsp3) is 0.231. The van der Waals surface area contributed by atoms with E-state index in [0.29, 0.717) is 6.42 Å². The van der Waals surface area contributed by atoms with Gasteiger partial charge in [-0.3, -0.25) is 9.69 Å². The summed E-state index contributed by atoms with van der Waals surface area (Å²) in [6.45, 7) is 0. The number of halogens is 2. The van der Waals surface area contributed by atoms with Gasteiger partial charge in [0.05, 0.1) is 0 Å². The van der Waals surface area contributed by atoms with E-state index in [1.54, 1.807) is 0 Å². The molecule has 0 bridgehead atoms. The first kappa shape index (κ1) is 13.6. The van der Waals surface area contributed by atoms with Crippen molar-refractivity contribution in [2.24, 2.45) is 0 Å². The molecule has 1 atom stereocenters. The average Bonchev–Trinajstić information content (AvgIpc) is 2.89. The molecule has 0 saturated carbocycles. The van der Waals surface area contributed by atoms with E-state index >= 15 is 0 Å². The van der Waals surface area contributed by atoms with Gasteiger partial charge >= 0.3 is 6.03 Å². The smallest absolute Gasteiger partial charge is 0.324 e. The van der Waals surface area contributed by atoms with Gasteiger partial charge < -0.3 is 10.3 Å². The minimum absolute atomic E-state index is 0.194. The zero-order chi connectivity index (χ0) is 14.4. The number of carbonyl (C=O) groups is 2. The second-order valence-corrected chi connectivity index (χ2v) is 6.44. The third-order valence-electron chi connectivity index (χ3n) is 3.46. The van der Waals surface area contributed by atoms with Crippen LogP contribution >= 0.6 is 31.9 Å². The number of carbonyl (C=O) groups excluding carboxylic acids is 2. The molecule has 0 aliphatic carbocycles. The summed E-state index contributed by atoms with van der Waals surface area (Å²) in [5, 5.41) is 3.72. The SMILES string of the molecule is CN1C(=O)N[C@H](Cc2c[nH]c3cc(Br)c(Br)cc23)C1=O.